The molecule has 0 unspecified atom stereocenters. The lowest BCUT2D eigenvalue weighted by Crippen LogP contribution is -2.31. The fourth-order valence-corrected chi connectivity index (χ4v) is 3.68. The number of hydrogen-bond acceptors (Lipinski definition) is 7. The van der Waals surface area contributed by atoms with Crippen LogP contribution in [0.5, 0.6) is 5.88 Å². The first-order valence-corrected chi connectivity index (χ1v) is 9.91. The van der Waals surface area contributed by atoms with Gasteiger partial charge in [0.1, 0.15) is 12.3 Å². The first kappa shape index (κ1) is 24.1. The van der Waals surface area contributed by atoms with Crippen molar-refractivity contribution < 1.29 is 41.8 Å². The van der Waals surface area contributed by atoms with Crippen LogP contribution in [0.1, 0.15) is 22.3 Å². The number of hydrogen-bond donors (Lipinski definition) is 1. The fourth-order valence-electron chi connectivity index (χ4n) is 3.68. The molecular formula is C21H20F3N3O6. The molecule has 4 heterocycles. The van der Waals surface area contributed by atoms with Crippen LogP contribution in [0.15, 0.2) is 41.3 Å². The summed E-state index contributed by atoms with van der Waals surface area (Å²) in [7, 11) is 0. The van der Waals surface area contributed by atoms with Crippen LogP contribution in [0.4, 0.5) is 13.2 Å². The smallest absolute Gasteiger partial charge is 0.478 e. The first-order valence-electron chi connectivity index (χ1n) is 9.91. The molecule has 1 amide bonds. The highest BCUT2D eigenvalue weighted by Crippen LogP contribution is 2.36. The Balaban J connectivity index is 0.000000383. The standard InChI is InChI=1S/C19H19N3O4.C2HF3O2/c20-7-13-1-2-18(21-8-13)25-6-4-14-12-26-17-10-22(9-16(14)17)19(23)15-3-5-24-11-15;3-2(4,5)1(6)7/h1-3,5,8,11,14,16-17H,4,6,9-10,12H2;(H,6,7)/t14-,16-,17-;/m0./s1. The maximum Gasteiger partial charge on any atom is 0.490 e. The molecule has 0 saturated carbocycles. The molecule has 12 heteroatoms. The molecular weight excluding hydrogens is 447 g/mol. The third kappa shape index (κ3) is 6.23. The SMILES string of the molecule is N#Cc1ccc(OCC[C@H]2CO[C@H]3CN(C(=O)c4ccoc4)C[C@@H]23)nc1.O=C(O)C(F)(F)F. The van der Waals surface area contributed by atoms with Crippen LogP contribution in [0.2, 0.25) is 0 Å². The minimum absolute atomic E-state index is 0.00599. The van der Waals surface area contributed by atoms with Gasteiger partial charge in [0.05, 0.1) is 36.7 Å². The molecule has 2 saturated heterocycles. The van der Waals surface area contributed by atoms with E-state index in [1.165, 1.54) is 18.7 Å². The highest BCUT2D eigenvalue weighted by atomic mass is 19.4. The molecule has 2 aliphatic rings. The molecule has 1 N–H and O–H groups in total. The molecule has 0 aliphatic carbocycles. The van der Waals surface area contributed by atoms with E-state index in [2.05, 4.69) is 4.98 Å². The number of carbonyl (C=O) groups is 2. The molecule has 0 spiro atoms. The highest BCUT2D eigenvalue weighted by Gasteiger charge is 2.45. The number of aliphatic carboxylic acids is 1. The molecule has 2 aliphatic heterocycles. The number of aromatic nitrogens is 1. The van der Waals surface area contributed by atoms with Crippen molar-refractivity contribution in [2.24, 2.45) is 11.8 Å². The average molecular weight is 467 g/mol. The average Bonchev–Trinajstić information content (AvgIpc) is 3.52. The number of pyridine rings is 1. The van der Waals surface area contributed by atoms with Crippen LogP contribution < -0.4 is 4.74 Å². The Kier molecular flexibility index (Phi) is 7.55. The molecule has 0 bridgehead atoms. The van der Waals surface area contributed by atoms with E-state index in [0.29, 0.717) is 55.1 Å². The van der Waals surface area contributed by atoms with Crippen molar-refractivity contribution >= 4 is 11.9 Å². The van der Waals surface area contributed by atoms with Crippen molar-refractivity contribution in [3.63, 3.8) is 0 Å². The zero-order valence-corrected chi connectivity index (χ0v) is 17.2. The van der Waals surface area contributed by atoms with E-state index in [9.17, 15) is 18.0 Å². The van der Waals surface area contributed by atoms with Crippen molar-refractivity contribution in [3.8, 4) is 11.9 Å². The maximum absolute atomic E-state index is 12.5. The second-order valence-corrected chi connectivity index (χ2v) is 7.45. The number of halogens is 3. The number of likely N-dealkylation sites (tertiary alicyclic amines) is 1. The fraction of sp³-hybridized carbons (Fsp3) is 0.429. The van der Waals surface area contributed by atoms with Crippen LogP contribution >= 0.6 is 0 Å². The number of furan rings is 1. The van der Waals surface area contributed by atoms with Crippen molar-refractivity contribution in [1.29, 1.82) is 5.26 Å². The molecule has 0 aromatic carbocycles. The second-order valence-electron chi connectivity index (χ2n) is 7.45. The van der Waals surface area contributed by atoms with Crippen LogP contribution in [-0.4, -0.2) is 65.5 Å². The van der Waals surface area contributed by atoms with Gasteiger partial charge in [0.2, 0.25) is 5.88 Å². The van der Waals surface area contributed by atoms with Crippen molar-refractivity contribution in [1.82, 2.24) is 9.88 Å². The summed E-state index contributed by atoms with van der Waals surface area (Å²) >= 11 is 0. The third-order valence-electron chi connectivity index (χ3n) is 5.34. The van der Waals surface area contributed by atoms with Gasteiger partial charge < -0.3 is 23.9 Å². The molecule has 33 heavy (non-hydrogen) atoms. The zero-order chi connectivity index (χ0) is 24.0. The number of ether oxygens (including phenoxy) is 2. The minimum atomic E-state index is -5.08. The van der Waals surface area contributed by atoms with Crippen LogP contribution in [-0.2, 0) is 9.53 Å². The number of amides is 1. The highest BCUT2D eigenvalue weighted by molar-refractivity contribution is 5.94. The number of alkyl halides is 3. The minimum Gasteiger partial charge on any atom is -0.478 e. The number of nitriles is 1. The Hall–Kier alpha value is -3.59. The lowest BCUT2D eigenvalue weighted by Gasteiger charge is -2.19. The van der Waals surface area contributed by atoms with Crippen molar-refractivity contribution in [2.75, 3.05) is 26.3 Å². The lowest BCUT2D eigenvalue weighted by atomic mass is 9.91. The van der Waals surface area contributed by atoms with Crippen molar-refractivity contribution in [3.05, 3.63) is 48.0 Å². The van der Waals surface area contributed by atoms with Gasteiger partial charge in [-0.25, -0.2) is 9.78 Å². The first-order chi connectivity index (χ1) is 15.7. The van der Waals surface area contributed by atoms with Gasteiger partial charge in [0.15, 0.2) is 0 Å². The number of carbonyl (C=O) groups excluding carboxylic acids is 1. The Bertz CT molecular complexity index is 988. The quantitative estimate of drug-likeness (QED) is 0.712. The van der Waals surface area contributed by atoms with Crippen LogP contribution in [0, 0.1) is 23.2 Å². The summed E-state index contributed by atoms with van der Waals surface area (Å²) in [5.41, 5.74) is 1.09. The van der Waals surface area contributed by atoms with Gasteiger partial charge in [0.25, 0.3) is 5.91 Å². The van der Waals surface area contributed by atoms with Gasteiger partial charge in [0, 0.05) is 31.3 Å². The summed E-state index contributed by atoms with van der Waals surface area (Å²) in [4.78, 5) is 27.3. The Morgan fingerprint density at radius 3 is 2.64 bits per heavy atom. The number of carboxylic acid groups (broad SMARTS) is 1. The predicted octanol–water partition coefficient (Wildman–Crippen LogP) is 2.74. The zero-order valence-electron chi connectivity index (χ0n) is 17.2. The summed E-state index contributed by atoms with van der Waals surface area (Å²) < 4.78 is 48.3. The molecule has 4 rings (SSSR count). The van der Waals surface area contributed by atoms with Crippen LogP contribution in [0.3, 0.4) is 0 Å². The molecule has 2 aromatic rings. The lowest BCUT2D eigenvalue weighted by molar-refractivity contribution is -0.192. The van der Waals surface area contributed by atoms with Gasteiger partial charge in [-0.3, -0.25) is 4.79 Å². The second kappa shape index (κ2) is 10.4. The van der Waals surface area contributed by atoms with E-state index in [1.54, 1.807) is 18.2 Å². The van der Waals surface area contributed by atoms with E-state index in [4.69, 9.17) is 29.1 Å². The topological polar surface area (TPSA) is 126 Å². The normalized spacial score (nSPS) is 21.5. The monoisotopic (exact) mass is 467 g/mol. The third-order valence-corrected chi connectivity index (χ3v) is 5.34. The Morgan fingerprint density at radius 2 is 2.06 bits per heavy atom. The van der Waals surface area contributed by atoms with E-state index in [1.807, 2.05) is 11.0 Å². The summed E-state index contributed by atoms with van der Waals surface area (Å²) in [5, 5.41) is 15.9. The van der Waals surface area contributed by atoms with Gasteiger partial charge in [-0.2, -0.15) is 18.4 Å². The van der Waals surface area contributed by atoms with E-state index < -0.39 is 12.1 Å². The van der Waals surface area contributed by atoms with Crippen LogP contribution in [0.25, 0.3) is 0 Å². The van der Waals surface area contributed by atoms with Crippen molar-refractivity contribution in [2.45, 2.75) is 18.7 Å². The van der Waals surface area contributed by atoms with E-state index in [-0.39, 0.29) is 12.0 Å². The predicted molar refractivity (Wildman–Crippen MR) is 104 cm³/mol. The molecule has 0 radical (unpaired) electrons. The summed E-state index contributed by atoms with van der Waals surface area (Å²) in [6.07, 6.45) is 0.353. The van der Waals surface area contributed by atoms with Gasteiger partial charge >= 0.3 is 12.1 Å². The number of carboxylic acids is 1. The number of rotatable bonds is 5. The summed E-state index contributed by atoms with van der Waals surface area (Å²) in [5.74, 6) is -1.55. The van der Waals surface area contributed by atoms with Gasteiger partial charge in [-0.05, 0) is 24.5 Å². The molecule has 2 fully saturated rings. The number of fused-ring (bicyclic) bond motifs is 1. The molecule has 9 nitrogen and oxygen atoms in total. The van der Waals surface area contributed by atoms with E-state index in [0.717, 1.165) is 6.42 Å². The largest absolute Gasteiger partial charge is 0.490 e. The Labute approximate surface area is 186 Å². The van der Waals surface area contributed by atoms with Gasteiger partial charge in [-0.1, -0.05) is 0 Å². The van der Waals surface area contributed by atoms with Gasteiger partial charge in [-0.15, -0.1) is 0 Å². The molecule has 176 valence electrons. The summed E-state index contributed by atoms with van der Waals surface area (Å²) in [6.45, 7) is 2.57. The molecule has 2 aromatic heterocycles. The number of nitrogens with zero attached hydrogens (tertiary/aromatic N) is 3. The van der Waals surface area contributed by atoms with E-state index >= 15 is 0 Å². The summed E-state index contributed by atoms with van der Waals surface area (Å²) in [6, 6.07) is 7.11. The molecule has 3 atom stereocenters. The Morgan fingerprint density at radius 1 is 1.30 bits per heavy atom. The maximum atomic E-state index is 12.5.